The number of benzene rings is 2. The van der Waals surface area contributed by atoms with Gasteiger partial charge in [-0.2, -0.15) is 0 Å². The van der Waals surface area contributed by atoms with Crippen LogP contribution in [0.3, 0.4) is 0 Å². The van der Waals surface area contributed by atoms with Gasteiger partial charge in [0.2, 0.25) is 5.76 Å². The number of halogens is 1. The van der Waals surface area contributed by atoms with Crippen molar-refractivity contribution in [2.45, 2.75) is 19.5 Å². The lowest BCUT2D eigenvalue weighted by molar-refractivity contribution is 0.0714. The summed E-state index contributed by atoms with van der Waals surface area (Å²) < 4.78 is 5.93. The number of nitrogens with zero attached hydrogens (tertiary/aromatic N) is 2. The van der Waals surface area contributed by atoms with Gasteiger partial charge in [-0.3, -0.25) is 14.6 Å². The number of hydrogen-bond acceptors (Lipinski definition) is 4. The lowest BCUT2D eigenvalue weighted by Gasteiger charge is -2.25. The van der Waals surface area contributed by atoms with Gasteiger partial charge in [0.15, 0.2) is 5.43 Å². The van der Waals surface area contributed by atoms with Crippen molar-refractivity contribution in [3.05, 3.63) is 110 Å². The highest BCUT2D eigenvalue weighted by Gasteiger charge is 2.42. The van der Waals surface area contributed by atoms with E-state index in [9.17, 15) is 9.59 Å². The van der Waals surface area contributed by atoms with E-state index in [1.54, 1.807) is 35.5 Å². The third-order valence-corrected chi connectivity index (χ3v) is 5.63. The van der Waals surface area contributed by atoms with Crippen LogP contribution in [-0.2, 0) is 6.54 Å². The lowest BCUT2D eigenvalue weighted by Crippen LogP contribution is -2.29. The summed E-state index contributed by atoms with van der Waals surface area (Å²) in [6.45, 7) is 2.31. The Bertz CT molecular complexity index is 1330. The molecule has 0 bridgehead atoms. The van der Waals surface area contributed by atoms with Crippen LogP contribution in [0.5, 0.6) is 0 Å². The molecule has 0 saturated heterocycles. The Kier molecular flexibility index (Phi) is 4.40. The van der Waals surface area contributed by atoms with Gasteiger partial charge in [-0.05, 0) is 42.3 Å². The lowest BCUT2D eigenvalue weighted by atomic mass is 9.97. The van der Waals surface area contributed by atoms with E-state index >= 15 is 0 Å². The third-order valence-electron chi connectivity index (χ3n) is 5.40. The fourth-order valence-electron chi connectivity index (χ4n) is 3.94. The molecule has 0 spiro atoms. The number of rotatable bonds is 3. The van der Waals surface area contributed by atoms with E-state index in [4.69, 9.17) is 16.0 Å². The molecule has 30 heavy (non-hydrogen) atoms. The molecule has 2 aromatic carbocycles. The van der Waals surface area contributed by atoms with Gasteiger partial charge in [0, 0.05) is 24.0 Å². The number of amides is 1. The van der Waals surface area contributed by atoms with Crippen molar-refractivity contribution in [2.75, 3.05) is 0 Å². The van der Waals surface area contributed by atoms with Gasteiger partial charge < -0.3 is 9.32 Å². The van der Waals surface area contributed by atoms with Crippen LogP contribution in [0.4, 0.5) is 0 Å². The van der Waals surface area contributed by atoms with Crippen molar-refractivity contribution in [3.8, 4) is 0 Å². The van der Waals surface area contributed by atoms with Crippen LogP contribution >= 0.6 is 11.6 Å². The maximum Gasteiger partial charge on any atom is 0.291 e. The fourth-order valence-corrected chi connectivity index (χ4v) is 4.11. The Balaban J connectivity index is 1.74. The van der Waals surface area contributed by atoms with Crippen molar-refractivity contribution >= 4 is 28.5 Å². The molecule has 4 aromatic rings. The predicted octanol–water partition coefficient (Wildman–Crippen LogP) is 4.90. The average molecular weight is 417 g/mol. The van der Waals surface area contributed by atoms with E-state index in [1.165, 1.54) is 0 Å². The van der Waals surface area contributed by atoms with Crippen LogP contribution < -0.4 is 5.43 Å². The smallest absolute Gasteiger partial charge is 0.291 e. The topological polar surface area (TPSA) is 63.4 Å². The molecule has 6 heteroatoms. The van der Waals surface area contributed by atoms with Gasteiger partial charge in [0.1, 0.15) is 5.58 Å². The maximum absolute atomic E-state index is 13.5. The molecule has 148 valence electrons. The zero-order valence-corrected chi connectivity index (χ0v) is 16.9. The first kappa shape index (κ1) is 18.6. The molecular weight excluding hydrogens is 400 g/mol. The van der Waals surface area contributed by atoms with Gasteiger partial charge in [-0.25, -0.2) is 0 Å². The van der Waals surface area contributed by atoms with E-state index in [0.29, 0.717) is 28.1 Å². The average Bonchev–Trinajstić information content (AvgIpc) is 3.02. The van der Waals surface area contributed by atoms with Gasteiger partial charge in [-0.1, -0.05) is 47.5 Å². The molecule has 1 aliphatic rings. The van der Waals surface area contributed by atoms with Crippen LogP contribution in [0.15, 0.2) is 76.2 Å². The summed E-state index contributed by atoms with van der Waals surface area (Å²) in [6, 6.07) is 15.9. The number of carbonyl (C=O) groups is 1. The van der Waals surface area contributed by atoms with E-state index in [1.807, 2.05) is 43.3 Å². The zero-order chi connectivity index (χ0) is 20.8. The van der Waals surface area contributed by atoms with Crippen LogP contribution in [0.25, 0.3) is 11.0 Å². The van der Waals surface area contributed by atoms with Gasteiger partial charge >= 0.3 is 0 Å². The second-order valence-corrected chi connectivity index (χ2v) is 7.86. The molecule has 0 aliphatic carbocycles. The quantitative estimate of drug-likeness (QED) is 0.476. The summed E-state index contributed by atoms with van der Waals surface area (Å²) in [7, 11) is 0. The molecule has 1 unspecified atom stereocenters. The van der Waals surface area contributed by atoms with Crippen molar-refractivity contribution in [3.63, 3.8) is 0 Å². The molecule has 5 rings (SSSR count). The normalized spacial score (nSPS) is 15.6. The van der Waals surface area contributed by atoms with Gasteiger partial charge in [0.05, 0.1) is 17.0 Å². The SMILES string of the molecule is Cc1ccc(C2c3c(oc4ccc(Cl)cc4c3=O)C(=O)N2Cc2cccnc2)cc1. The van der Waals surface area contributed by atoms with Crippen molar-refractivity contribution < 1.29 is 9.21 Å². The molecule has 1 atom stereocenters. The number of pyridine rings is 1. The first-order valence-electron chi connectivity index (χ1n) is 9.55. The summed E-state index contributed by atoms with van der Waals surface area (Å²) in [5.41, 5.74) is 3.28. The Labute approximate surface area is 177 Å². The van der Waals surface area contributed by atoms with E-state index in [0.717, 1.165) is 16.7 Å². The maximum atomic E-state index is 13.5. The third kappa shape index (κ3) is 2.99. The van der Waals surface area contributed by atoms with E-state index in [-0.39, 0.29) is 17.1 Å². The minimum atomic E-state index is -0.548. The summed E-state index contributed by atoms with van der Waals surface area (Å²) in [6.07, 6.45) is 3.40. The number of aromatic nitrogens is 1. The Hall–Kier alpha value is -3.44. The second kappa shape index (κ2) is 7.11. The van der Waals surface area contributed by atoms with Crippen molar-refractivity contribution in [1.82, 2.24) is 9.88 Å². The minimum Gasteiger partial charge on any atom is -0.450 e. The highest BCUT2D eigenvalue weighted by molar-refractivity contribution is 6.31. The molecule has 0 N–H and O–H groups in total. The molecule has 0 radical (unpaired) electrons. The van der Waals surface area contributed by atoms with Crippen LogP contribution in [0.2, 0.25) is 5.02 Å². The van der Waals surface area contributed by atoms with Crippen LogP contribution in [-0.4, -0.2) is 15.8 Å². The Morgan fingerprint density at radius 1 is 1.10 bits per heavy atom. The number of carbonyl (C=O) groups excluding carboxylic acids is 1. The van der Waals surface area contributed by atoms with E-state index < -0.39 is 6.04 Å². The molecule has 0 saturated carbocycles. The molecular formula is C24H17ClN2O3. The van der Waals surface area contributed by atoms with E-state index in [2.05, 4.69) is 4.98 Å². The Morgan fingerprint density at radius 3 is 2.63 bits per heavy atom. The monoisotopic (exact) mass is 416 g/mol. The molecule has 0 fully saturated rings. The number of aryl methyl sites for hydroxylation is 1. The number of hydrogen-bond donors (Lipinski definition) is 0. The molecule has 2 aromatic heterocycles. The summed E-state index contributed by atoms with van der Waals surface area (Å²) in [5, 5.41) is 0.813. The Morgan fingerprint density at radius 2 is 1.90 bits per heavy atom. The highest BCUT2D eigenvalue weighted by Crippen LogP contribution is 2.39. The summed E-state index contributed by atoms with van der Waals surface area (Å²) >= 11 is 6.11. The zero-order valence-electron chi connectivity index (χ0n) is 16.1. The van der Waals surface area contributed by atoms with Crippen LogP contribution in [0.1, 0.15) is 38.9 Å². The molecule has 5 nitrogen and oxygen atoms in total. The molecule has 1 amide bonds. The van der Waals surface area contributed by atoms with Crippen molar-refractivity contribution in [2.24, 2.45) is 0 Å². The second-order valence-electron chi connectivity index (χ2n) is 7.42. The molecule has 1 aliphatic heterocycles. The van der Waals surface area contributed by atoms with Crippen molar-refractivity contribution in [1.29, 1.82) is 0 Å². The standard InChI is InChI=1S/C24H17ClN2O3/c1-14-4-6-16(7-5-14)21-20-22(28)18-11-17(25)8-9-19(18)30-23(20)24(29)27(21)13-15-3-2-10-26-12-15/h2-12,21H,13H2,1H3. The fraction of sp³-hybridized carbons (Fsp3) is 0.125. The highest BCUT2D eigenvalue weighted by atomic mass is 35.5. The summed E-state index contributed by atoms with van der Waals surface area (Å²) in [5.74, 6) is -0.224. The summed E-state index contributed by atoms with van der Waals surface area (Å²) in [4.78, 5) is 32.6. The van der Waals surface area contributed by atoms with Gasteiger partial charge in [-0.15, -0.1) is 0 Å². The largest absolute Gasteiger partial charge is 0.450 e. The first-order valence-corrected chi connectivity index (χ1v) is 9.93. The molecule has 3 heterocycles. The predicted molar refractivity (Wildman–Crippen MR) is 115 cm³/mol. The minimum absolute atomic E-state index is 0.0873. The first-order chi connectivity index (χ1) is 14.5. The number of fused-ring (bicyclic) bond motifs is 2. The van der Waals surface area contributed by atoms with Crippen LogP contribution in [0, 0.1) is 6.92 Å². The van der Waals surface area contributed by atoms with Gasteiger partial charge in [0.25, 0.3) is 5.91 Å².